The third kappa shape index (κ3) is 3.15. The molecule has 0 saturated heterocycles. The summed E-state index contributed by atoms with van der Waals surface area (Å²) in [7, 11) is 1.24. The second kappa shape index (κ2) is 6.58. The van der Waals surface area contributed by atoms with Crippen molar-refractivity contribution in [3.8, 4) is 5.75 Å². The van der Waals surface area contributed by atoms with Crippen molar-refractivity contribution < 1.29 is 14.3 Å². The quantitative estimate of drug-likeness (QED) is 0.749. The molecule has 0 aliphatic heterocycles. The molecule has 0 unspecified atom stereocenters. The van der Waals surface area contributed by atoms with Gasteiger partial charge in [-0.15, -0.1) is 0 Å². The highest BCUT2D eigenvalue weighted by Gasteiger charge is 2.13. The highest BCUT2D eigenvalue weighted by Crippen LogP contribution is 2.19. The standard InChI is InChI=1S/C19H17NO4/c1-12-3-5-13(6-4-12)11-24-14-7-8-15-17(9-14)20-10-16(18(15)21)19(22)23-2/h3-10H,11H2,1-2H3,(H,20,21). The Labute approximate surface area is 138 Å². The molecule has 0 fully saturated rings. The third-order valence-electron chi connectivity index (χ3n) is 3.78. The molecule has 122 valence electrons. The van der Waals surface area contributed by atoms with Crippen LogP contribution in [0.2, 0.25) is 0 Å². The van der Waals surface area contributed by atoms with Gasteiger partial charge < -0.3 is 14.5 Å². The van der Waals surface area contributed by atoms with Gasteiger partial charge in [-0.05, 0) is 24.6 Å². The van der Waals surface area contributed by atoms with Crippen molar-refractivity contribution in [2.75, 3.05) is 7.11 Å². The molecule has 0 radical (unpaired) electrons. The normalized spacial score (nSPS) is 10.6. The number of pyridine rings is 1. The molecule has 3 aromatic rings. The number of aromatic amines is 1. The first-order valence-corrected chi connectivity index (χ1v) is 7.50. The zero-order chi connectivity index (χ0) is 17.1. The Hall–Kier alpha value is -3.08. The predicted octanol–water partition coefficient (Wildman–Crippen LogP) is 3.20. The maximum absolute atomic E-state index is 12.3. The number of aromatic nitrogens is 1. The van der Waals surface area contributed by atoms with Crippen molar-refractivity contribution >= 4 is 16.9 Å². The van der Waals surface area contributed by atoms with Crippen LogP contribution in [-0.2, 0) is 11.3 Å². The number of rotatable bonds is 4. The lowest BCUT2D eigenvalue weighted by atomic mass is 10.1. The van der Waals surface area contributed by atoms with Gasteiger partial charge in [-0.2, -0.15) is 0 Å². The van der Waals surface area contributed by atoms with Crippen LogP contribution in [0.25, 0.3) is 10.9 Å². The Morgan fingerprint density at radius 1 is 1.12 bits per heavy atom. The van der Waals surface area contributed by atoms with Crippen molar-refractivity contribution in [1.29, 1.82) is 0 Å². The molecule has 0 atom stereocenters. The molecule has 0 aliphatic rings. The summed E-state index contributed by atoms with van der Waals surface area (Å²) in [4.78, 5) is 26.8. The topological polar surface area (TPSA) is 68.4 Å². The summed E-state index contributed by atoms with van der Waals surface area (Å²) >= 11 is 0. The molecule has 24 heavy (non-hydrogen) atoms. The van der Waals surface area contributed by atoms with Gasteiger partial charge in [0, 0.05) is 17.6 Å². The van der Waals surface area contributed by atoms with E-state index < -0.39 is 5.97 Å². The Kier molecular flexibility index (Phi) is 4.33. The van der Waals surface area contributed by atoms with Crippen LogP contribution in [0.15, 0.2) is 53.5 Å². The lowest BCUT2D eigenvalue weighted by molar-refractivity contribution is 0.0599. The molecule has 1 aromatic heterocycles. The minimum Gasteiger partial charge on any atom is -0.489 e. The zero-order valence-electron chi connectivity index (χ0n) is 13.5. The van der Waals surface area contributed by atoms with E-state index in [1.807, 2.05) is 31.2 Å². The number of nitrogens with one attached hydrogen (secondary N) is 1. The maximum atomic E-state index is 12.3. The van der Waals surface area contributed by atoms with Crippen LogP contribution in [0.4, 0.5) is 0 Å². The maximum Gasteiger partial charge on any atom is 0.343 e. The van der Waals surface area contributed by atoms with Crippen LogP contribution in [0.3, 0.4) is 0 Å². The molecule has 0 amide bonds. The highest BCUT2D eigenvalue weighted by atomic mass is 16.5. The molecule has 0 aliphatic carbocycles. The summed E-state index contributed by atoms with van der Waals surface area (Å²) < 4.78 is 10.4. The van der Waals surface area contributed by atoms with Gasteiger partial charge in [0.2, 0.25) is 5.43 Å². The SMILES string of the molecule is COC(=O)c1c[nH]c2cc(OCc3ccc(C)cc3)ccc2c1=O. The van der Waals surface area contributed by atoms with E-state index in [4.69, 9.17) is 4.74 Å². The smallest absolute Gasteiger partial charge is 0.343 e. The number of methoxy groups -OCH3 is 1. The van der Waals surface area contributed by atoms with E-state index in [0.29, 0.717) is 23.3 Å². The average Bonchev–Trinajstić information content (AvgIpc) is 2.61. The number of aryl methyl sites for hydroxylation is 1. The van der Waals surface area contributed by atoms with Gasteiger partial charge in [0.1, 0.15) is 17.9 Å². The molecule has 0 saturated carbocycles. The number of hydrogen-bond acceptors (Lipinski definition) is 4. The summed E-state index contributed by atoms with van der Waals surface area (Å²) in [5.41, 5.74) is 2.49. The van der Waals surface area contributed by atoms with E-state index in [1.165, 1.54) is 18.9 Å². The van der Waals surface area contributed by atoms with Crippen molar-refractivity contribution in [3.63, 3.8) is 0 Å². The van der Waals surface area contributed by atoms with Gasteiger partial charge in [-0.25, -0.2) is 4.79 Å². The van der Waals surface area contributed by atoms with Gasteiger partial charge in [0.25, 0.3) is 0 Å². The summed E-state index contributed by atoms with van der Waals surface area (Å²) in [5.74, 6) is -0.0117. The van der Waals surface area contributed by atoms with Crippen LogP contribution in [0.1, 0.15) is 21.5 Å². The largest absolute Gasteiger partial charge is 0.489 e. The lowest BCUT2D eigenvalue weighted by Crippen LogP contribution is -2.16. The molecule has 5 nitrogen and oxygen atoms in total. The predicted molar refractivity (Wildman–Crippen MR) is 91.4 cm³/mol. The molecule has 2 aromatic carbocycles. The fraction of sp³-hybridized carbons (Fsp3) is 0.158. The van der Waals surface area contributed by atoms with Crippen molar-refractivity contribution in [2.45, 2.75) is 13.5 Å². The first-order valence-electron chi connectivity index (χ1n) is 7.50. The molecule has 0 bridgehead atoms. The molecule has 5 heteroatoms. The van der Waals surface area contributed by atoms with Gasteiger partial charge in [-0.1, -0.05) is 29.8 Å². The molecule has 1 N–H and O–H groups in total. The average molecular weight is 323 g/mol. The first-order chi connectivity index (χ1) is 11.6. The molecular weight excluding hydrogens is 306 g/mol. The van der Waals surface area contributed by atoms with Gasteiger partial charge in [0.15, 0.2) is 0 Å². The monoisotopic (exact) mass is 323 g/mol. The van der Waals surface area contributed by atoms with Crippen molar-refractivity contribution in [3.05, 3.63) is 75.6 Å². The summed E-state index contributed by atoms with van der Waals surface area (Å²) in [6, 6.07) is 13.2. The number of benzene rings is 2. The summed E-state index contributed by atoms with van der Waals surface area (Å²) in [6.45, 7) is 2.48. The Morgan fingerprint density at radius 2 is 1.88 bits per heavy atom. The van der Waals surface area contributed by atoms with Crippen LogP contribution in [0, 0.1) is 6.92 Å². The number of esters is 1. The Bertz CT molecular complexity index is 942. The molecule has 1 heterocycles. The second-order valence-corrected chi connectivity index (χ2v) is 5.50. The zero-order valence-corrected chi connectivity index (χ0v) is 13.5. The lowest BCUT2D eigenvalue weighted by Gasteiger charge is -2.08. The van der Waals surface area contributed by atoms with Gasteiger partial charge >= 0.3 is 5.97 Å². The Morgan fingerprint density at radius 3 is 2.58 bits per heavy atom. The summed E-state index contributed by atoms with van der Waals surface area (Å²) in [6.07, 6.45) is 1.36. The van der Waals surface area contributed by atoms with Crippen molar-refractivity contribution in [2.24, 2.45) is 0 Å². The van der Waals surface area contributed by atoms with Crippen LogP contribution in [0.5, 0.6) is 5.75 Å². The first kappa shape index (κ1) is 15.8. The van der Waals surface area contributed by atoms with Gasteiger partial charge in [0.05, 0.1) is 12.6 Å². The van der Waals surface area contributed by atoms with Crippen LogP contribution in [-0.4, -0.2) is 18.1 Å². The number of H-pyrrole nitrogens is 1. The fourth-order valence-corrected chi connectivity index (χ4v) is 2.40. The minimum absolute atomic E-state index is 0.0154. The second-order valence-electron chi connectivity index (χ2n) is 5.50. The van der Waals surface area contributed by atoms with Crippen LogP contribution < -0.4 is 10.2 Å². The molecule has 3 rings (SSSR count). The number of carbonyl (C=O) groups is 1. The molecule has 0 spiro atoms. The van der Waals surface area contributed by atoms with E-state index in [9.17, 15) is 9.59 Å². The number of ether oxygens (including phenoxy) is 2. The minimum atomic E-state index is -0.655. The summed E-state index contributed by atoms with van der Waals surface area (Å²) in [5, 5.41) is 0.417. The highest BCUT2D eigenvalue weighted by molar-refractivity contribution is 5.93. The van der Waals surface area contributed by atoms with Gasteiger partial charge in [-0.3, -0.25) is 4.79 Å². The Balaban J connectivity index is 1.85. The van der Waals surface area contributed by atoms with Crippen molar-refractivity contribution in [1.82, 2.24) is 4.98 Å². The van der Waals surface area contributed by atoms with Crippen LogP contribution >= 0.6 is 0 Å². The van der Waals surface area contributed by atoms with E-state index in [2.05, 4.69) is 9.72 Å². The van der Waals surface area contributed by atoms with E-state index in [1.54, 1.807) is 18.2 Å². The number of hydrogen-bond donors (Lipinski definition) is 1. The van der Waals surface area contributed by atoms with E-state index in [-0.39, 0.29) is 11.0 Å². The fourth-order valence-electron chi connectivity index (χ4n) is 2.40. The third-order valence-corrected chi connectivity index (χ3v) is 3.78. The number of fused-ring (bicyclic) bond motifs is 1. The van der Waals surface area contributed by atoms with E-state index >= 15 is 0 Å². The van der Waals surface area contributed by atoms with E-state index in [0.717, 1.165) is 5.56 Å². The molecular formula is C19H17NO4. The number of carbonyl (C=O) groups excluding carboxylic acids is 1.